The first-order valence-corrected chi connectivity index (χ1v) is 8.08. The average molecular weight is 312 g/mol. The highest BCUT2D eigenvalue weighted by molar-refractivity contribution is 5.94. The molecule has 0 saturated carbocycles. The number of aromatic nitrogens is 1. The standard InChI is InChI=1S/C20H26NO2/c1-13(2)15-9-7-10-16(14(3)4)18(15)17-11-8-12-21(5)19(17)20(22)23-6/h7-14H,1-6H3/q+1. The average Bonchev–Trinajstić information content (AvgIpc) is 2.52. The molecule has 0 fully saturated rings. The zero-order chi connectivity index (χ0) is 17.1. The number of hydrogen-bond donors (Lipinski definition) is 0. The molecule has 3 nitrogen and oxygen atoms in total. The third kappa shape index (κ3) is 3.29. The van der Waals surface area contributed by atoms with Crippen LogP contribution in [-0.4, -0.2) is 13.1 Å². The lowest BCUT2D eigenvalue weighted by Gasteiger charge is -2.20. The minimum atomic E-state index is -0.309. The van der Waals surface area contributed by atoms with Crippen LogP contribution in [0.25, 0.3) is 11.1 Å². The van der Waals surface area contributed by atoms with Crippen LogP contribution in [0.4, 0.5) is 0 Å². The van der Waals surface area contributed by atoms with E-state index in [2.05, 4.69) is 45.9 Å². The molecule has 0 radical (unpaired) electrons. The minimum absolute atomic E-state index is 0.309. The normalized spacial score (nSPS) is 11.1. The Kier molecular flexibility index (Phi) is 5.19. The van der Waals surface area contributed by atoms with Crippen molar-refractivity contribution in [3.63, 3.8) is 0 Å². The number of nitrogens with zero attached hydrogens (tertiary/aromatic N) is 1. The van der Waals surface area contributed by atoms with Gasteiger partial charge in [-0.05, 0) is 34.6 Å². The first-order valence-electron chi connectivity index (χ1n) is 8.08. The summed E-state index contributed by atoms with van der Waals surface area (Å²) in [4.78, 5) is 12.3. The highest BCUT2D eigenvalue weighted by Gasteiger charge is 2.27. The van der Waals surface area contributed by atoms with Crippen molar-refractivity contribution in [3.8, 4) is 11.1 Å². The van der Waals surface area contributed by atoms with Crippen LogP contribution >= 0.6 is 0 Å². The summed E-state index contributed by atoms with van der Waals surface area (Å²) < 4.78 is 6.86. The molecule has 0 aliphatic rings. The third-order valence-corrected chi connectivity index (χ3v) is 4.20. The largest absolute Gasteiger partial charge is 0.461 e. The van der Waals surface area contributed by atoms with Crippen LogP contribution in [0.3, 0.4) is 0 Å². The molecule has 0 aliphatic heterocycles. The van der Waals surface area contributed by atoms with Crippen molar-refractivity contribution in [1.82, 2.24) is 0 Å². The van der Waals surface area contributed by atoms with Gasteiger partial charge in [-0.15, -0.1) is 0 Å². The zero-order valence-electron chi connectivity index (χ0n) is 14.9. The highest BCUT2D eigenvalue weighted by atomic mass is 16.5. The molecule has 1 heterocycles. The molecule has 0 spiro atoms. The van der Waals surface area contributed by atoms with Crippen LogP contribution in [0.2, 0.25) is 0 Å². The summed E-state index contributed by atoms with van der Waals surface area (Å²) >= 11 is 0. The van der Waals surface area contributed by atoms with Crippen LogP contribution < -0.4 is 4.57 Å². The van der Waals surface area contributed by atoms with E-state index in [9.17, 15) is 4.79 Å². The lowest BCUT2D eigenvalue weighted by molar-refractivity contribution is -0.673. The Labute approximate surface area is 138 Å². The molecule has 0 amide bonds. The number of methoxy groups -OCH3 is 1. The van der Waals surface area contributed by atoms with E-state index in [0.29, 0.717) is 17.5 Å². The Balaban J connectivity index is 2.86. The van der Waals surface area contributed by atoms with Crippen LogP contribution in [0.5, 0.6) is 0 Å². The number of rotatable bonds is 4. The molecular formula is C20H26NO2+. The molecule has 0 N–H and O–H groups in total. The van der Waals surface area contributed by atoms with Crippen LogP contribution in [0, 0.1) is 0 Å². The lowest BCUT2D eigenvalue weighted by atomic mass is 9.84. The summed E-state index contributed by atoms with van der Waals surface area (Å²) in [6.07, 6.45) is 1.88. The van der Waals surface area contributed by atoms with E-state index < -0.39 is 0 Å². The van der Waals surface area contributed by atoms with Gasteiger partial charge in [0.25, 0.3) is 5.69 Å². The molecule has 2 rings (SSSR count). The topological polar surface area (TPSA) is 30.2 Å². The molecule has 3 heteroatoms. The second kappa shape index (κ2) is 6.95. The van der Waals surface area contributed by atoms with E-state index in [0.717, 1.165) is 11.1 Å². The number of ether oxygens (including phenoxy) is 1. The van der Waals surface area contributed by atoms with E-state index in [4.69, 9.17) is 4.74 Å². The highest BCUT2D eigenvalue weighted by Crippen LogP contribution is 2.37. The zero-order valence-corrected chi connectivity index (χ0v) is 14.9. The third-order valence-electron chi connectivity index (χ3n) is 4.20. The maximum absolute atomic E-state index is 12.3. The van der Waals surface area contributed by atoms with E-state index >= 15 is 0 Å². The summed E-state index contributed by atoms with van der Waals surface area (Å²) in [6, 6.07) is 10.4. The number of carbonyl (C=O) groups excluding carboxylic acids is 1. The van der Waals surface area contributed by atoms with Gasteiger partial charge in [0.05, 0.1) is 12.7 Å². The van der Waals surface area contributed by atoms with Crippen LogP contribution in [0.1, 0.15) is 61.1 Å². The number of benzene rings is 1. The van der Waals surface area contributed by atoms with Crippen LogP contribution in [0.15, 0.2) is 36.5 Å². The molecule has 122 valence electrons. The van der Waals surface area contributed by atoms with Crippen molar-refractivity contribution < 1.29 is 14.1 Å². The molecule has 1 aromatic carbocycles. The van der Waals surface area contributed by atoms with Gasteiger partial charge in [0.2, 0.25) is 0 Å². The van der Waals surface area contributed by atoms with Crippen molar-refractivity contribution >= 4 is 5.97 Å². The maximum atomic E-state index is 12.3. The fraction of sp³-hybridized carbons (Fsp3) is 0.400. The summed E-state index contributed by atoms with van der Waals surface area (Å²) in [5, 5.41) is 0. The maximum Gasteiger partial charge on any atom is 0.404 e. The van der Waals surface area contributed by atoms with E-state index in [1.807, 2.05) is 29.9 Å². The summed E-state index contributed by atoms with van der Waals surface area (Å²) in [5.74, 6) is 0.441. The molecule has 23 heavy (non-hydrogen) atoms. The smallest absolute Gasteiger partial charge is 0.404 e. The van der Waals surface area contributed by atoms with Crippen molar-refractivity contribution in [2.45, 2.75) is 39.5 Å². The molecule has 0 bridgehead atoms. The second-order valence-electron chi connectivity index (χ2n) is 6.49. The van der Waals surface area contributed by atoms with Gasteiger partial charge in [0, 0.05) is 6.07 Å². The first-order chi connectivity index (χ1) is 10.9. The molecule has 0 atom stereocenters. The Morgan fingerprint density at radius 3 is 2.04 bits per heavy atom. The van der Waals surface area contributed by atoms with Crippen molar-refractivity contribution in [3.05, 3.63) is 53.3 Å². The molecule has 0 saturated heterocycles. The van der Waals surface area contributed by atoms with Gasteiger partial charge in [-0.1, -0.05) is 45.9 Å². The fourth-order valence-corrected chi connectivity index (χ4v) is 3.03. The van der Waals surface area contributed by atoms with Gasteiger partial charge in [0.15, 0.2) is 6.20 Å². The fourth-order valence-electron chi connectivity index (χ4n) is 3.03. The lowest BCUT2D eigenvalue weighted by Crippen LogP contribution is -2.37. The molecule has 0 aliphatic carbocycles. The Morgan fingerprint density at radius 2 is 1.57 bits per heavy atom. The van der Waals surface area contributed by atoms with Crippen molar-refractivity contribution in [2.24, 2.45) is 7.05 Å². The Bertz CT molecular complexity index is 691. The van der Waals surface area contributed by atoms with Crippen LogP contribution in [-0.2, 0) is 11.8 Å². The van der Waals surface area contributed by atoms with Gasteiger partial charge in [-0.2, -0.15) is 4.57 Å². The molecule has 1 aromatic heterocycles. The molecule has 2 aromatic rings. The monoisotopic (exact) mass is 312 g/mol. The minimum Gasteiger partial charge on any atom is -0.461 e. The number of hydrogen-bond acceptors (Lipinski definition) is 2. The van der Waals surface area contributed by atoms with Crippen molar-refractivity contribution in [2.75, 3.05) is 7.11 Å². The number of esters is 1. The molecular weight excluding hydrogens is 286 g/mol. The second-order valence-corrected chi connectivity index (χ2v) is 6.49. The van der Waals surface area contributed by atoms with Gasteiger partial charge >= 0.3 is 5.97 Å². The SMILES string of the molecule is COC(=O)c1c(-c2c(C(C)C)cccc2C(C)C)ccc[n+]1C. The van der Waals surface area contributed by atoms with Gasteiger partial charge < -0.3 is 4.74 Å². The molecule has 0 unspecified atom stereocenters. The Morgan fingerprint density at radius 1 is 1.00 bits per heavy atom. The summed E-state index contributed by atoms with van der Waals surface area (Å²) in [6.45, 7) is 8.74. The summed E-state index contributed by atoms with van der Waals surface area (Å²) in [5.41, 5.74) is 5.20. The van der Waals surface area contributed by atoms with Gasteiger partial charge in [-0.25, -0.2) is 4.79 Å². The van der Waals surface area contributed by atoms with Crippen molar-refractivity contribution in [1.29, 1.82) is 0 Å². The van der Waals surface area contributed by atoms with Gasteiger partial charge in [0.1, 0.15) is 7.05 Å². The predicted molar refractivity (Wildman–Crippen MR) is 92.6 cm³/mol. The van der Waals surface area contributed by atoms with E-state index in [1.54, 1.807) is 0 Å². The van der Waals surface area contributed by atoms with E-state index in [1.165, 1.54) is 18.2 Å². The predicted octanol–water partition coefficient (Wildman–Crippen LogP) is 4.21. The number of aryl methyl sites for hydroxylation is 1. The number of pyridine rings is 1. The van der Waals surface area contributed by atoms with E-state index in [-0.39, 0.29) is 5.97 Å². The number of carbonyl (C=O) groups is 1. The Hall–Kier alpha value is -2.16. The quantitative estimate of drug-likeness (QED) is 0.625. The van der Waals surface area contributed by atoms with Gasteiger partial charge in [-0.3, -0.25) is 0 Å². The first kappa shape index (κ1) is 17.2. The summed E-state index contributed by atoms with van der Waals surface area (Å²) in [7, 11) is 3.31.